The lowest BCUT2D eigenvalue weighted by atomic mass is 10.2. The van der Waals surface area contributed by atoms with Crippen molar-refractivity contribution in [1.82, 2.24) is 0 Å². The van der Waals surface area contributed by atoms with Crippen LogP contribution in [0.25, 0.3) is 0 Å². The number of carbonyl (C=O) groups excluding carboxylic acids is 1. The van der Waals surface area contributed by atoms with E-state index in [9.17, 15) is 9.00 Å². The van der Waals surface area contributed by atoms with Gasteiger partial charge in [-0.15, -0.1) is 0 Å². The maximum Gasteiger partial charge on any atom is 0.306 e. The van der Waals surface area contributed by atoms with E-state index in [-0.39, 0.29) is 17.6 Å². The zero-order chi connectivity index (χ0) is 12.8. The van der Waals surface area contributed by atoms with Crippen molar-refractivity contribution < 1.29 is 13.7 Å². The lowest BCUT2D eigenvalue weighted by molar-refractivity contribution is -0.140. The SMILES string of the molecule is COC(=O)CC(C)S(=O)Cc1ccc(C)cc1. The lowest BCUT2D eigenvalue weighted by Gasteiger charge is -2.10. The predicted octanol–water partition coefficient (Wildman–Crippen LogP) is 2.20. The lowest BCUT2D eigenvalue weighted by Crippen LogP contribution is -2.18. The second-order valence-corrected chi connectivity index (χ2v) is 5.96. The van der Waals surface area contributed by atoms with Gasteiger partial charge in [-0.05, 0) is 12.5 Å². The number of rotatable bonds is 5. The van der Waals surface area contributed by atoms with E-state index in [0.29, 0.717) is 5.75 Å². The molecule has 4 heteroatoms. The molecule has 0 aliphatic carbocycles. The van der Waals surface area contributed by atoms with Crippen LogP contribution in [0.2, 0.25) is 0 Å². The van der Waals surface area contributed by atoms with E-state index in [2.05, 4.69) is 4.74 Å². The molecule has 0 aromatic heterocycles. The summed E-state index contributed by atoms with van der Waals surface area (Å²) < 4.78 is 16.5. The van der Waals surface area contributed by atoms with Gasteiger partial charge in [0.25, 0.3) is 0 Å². The standard InChI is InChI=1S/C13H18O3S/c1-10-4-6-12(7-5-10)9-17(15)11(2)8-13(14)16-3/h4-7,11H,8-9H2,1-3H3. The molecule has 17 heavy (non-hydrogen) atoms. The minimum Gasteiger partial charge on any atom is -0.469 e. The van der Waals surface area contributed by atoms with Gasteiger partial charge in [-0.25, -0.2) is 0 Å². The highest BCUT2D eigenvalue weighted by atomic mass is 32.2. The highest BCUT2D eigenvalue weighted by Gasteiger charge is 2.16. The molecule has 1 rings (SSSR count). The fourth-order valence-corrected chi connectivity index (χ4v) is 2.53. The molecule has 0 spiro atoms. The van der Waals surface area contributed by atoms with Gasteiger partial charge in [-0.1, -0.05) is 36.8 Å². The summed E-state index contributed by atoms with van der Waals surface area (Å²) in [4.78, 5) is 11.1. The van der Waals surface area contributed by atoms with E-state index in [1.165, 1.54) is 12.7 Å². The summed E-state index contributed by atoms with van der Waals surface area (Å²) in [5.74, 6) is 0.174. The van der Waals surface area contributed by atoms with Crippen molar-refractivity contribution in [2.24, 2.45) is 0 Å². The number of ether oxygens (including phenoxy) is 1. The first-order valence-electron chi connectivity index (χ1n) is 5.52. The van der Waals surface area contributed by atoms with E-state index in [1.807, 2.05) is 31.2 Å². The van der Waals surface area contributed by atoms with Gasteiger partial charge < -0.3 is 4.74 Å². The second-order valence-electron chi connectivity index (χ2n) is 4.10. The molecule has 94 valence electrons. The Labute approximate surface area is 105 Å². The maximum absolute atomic E-state index is 12.0. The van der Waals surface area contributed by atoms with E-state index < -0.39 is 10.8 Å². The molecule has 2 atom stereocenters. The second kappa shape index (κ2) is 6.55. The Bertz CT molecular complexity index is 398. The molecule has 2 unspecified atom stereocenters. The van der Waals surface area contributed by atoms with Crippen molar-refractivity contribution in [3.8, 4) is 0 Å². The van der Waals surface area contributed by atoms with E-state index >= 15 is 0 Å². The van der Waals surface area contributed by atoms with Crippen LogP contribution in [0.1, 0.15) is 24.5 Å². The third kappa shape index (κ3) is 4.69. The van der Waals surface area contributed by atoms with Crippen molar-refractivity contribution in [3.05, 3.63) is 35.4 Å². The minimum atomic E-state index is -1.05. The summed E-state index contributed by atoms with van der Waals surface area (Å²) in [6.45, 7) is 3.82. The summed E-state index contributed by atoms with van der Waals surface area (Å²) in [6.07, 6.45) is 0.203. The average Bonchev–Trinajstić information content (AvgIpc) is 2.31. The average molecular weight is 254 g/mol. The molecule has 0 N–H and O–H groups in total. The molecule has 0 aliphatic heterocycles. The van der Waals surface area contributed by atoms with Crippen LogP contribution in [0.15, 0.2) is 24.3 Å². The van der Waals surface area contributed by atoms with E-state index in [4.69, 9.17) is 0 Å². The highest BCUT2D eigenvalue weighted by Crippen LogP contribution is 2.11. The first kappa shape index (κ1) is 13.9. The quantitative estimate of drug-likeness (QED) is 0.757. The van der Waals surface area contributed by atoms with Gasteiger partial charge in [0, 0.05) is 21.8 Å². The molecule has 0 aliphatic rings. The number of carbonyl (C=O) groups is 1. The monoisotopic (exact) mass is 254 g/mol. The van der Waals surface area contributed by atoms with Crippen LogP contribution >= 0.6 is 0 Å². The van der Waals surface area contributed by atoms with Gasteiger partial charge in [0.05, 0.1) is 13.5 Å². The Morgan fingerprint density at radius 3 is 2.47 bits per heavy atom. The molecule has 0 fully saturated rings. The molecule has 0 saturated heterocycles. The first-order chi connectivity index (χ1) is 8.02. The van der Waals surface area contributed by atoms with Crippen molar-refractivity contribution in [2.75, 3.05) is 7.11 Å². The zero-order valence-electron chi connectivity index (χ0n) is 10.4. The predicted molar refractivity (Wildman–Crippen MR) is 69.1 cm³/mol. The van der Waals surface area contributed by atoms with Gasteiger partial charge in [0.15, 0.2) is 0 Å². The Balaban J connectivity index is 2.54. The van der Waals surface area contributed by atoms with Crippen LogP contribution in [0.4, 0.5) is 0 Å². The smallest absolute Gasteiger partial charge is 0.306 e. The first-order valence-corrected chi connectivity index (χ1v) is 6.90. The maximum atomic E-state index is 12.0. The van der Waals surface area contributed by atoms with E-state index in [1.54, 1.807) is 6.92 Å². The van der Waals surface area contributed by atoms with Gasteiger partial charge >= 0.3 is 5.97 Å². The number of hydrogen-bond donors (Lipinski definition) is 0. The van der Waals surface area contributed by atoms with Crippen molar-refractivity contribution in [3.63, 3.8) is 0 Å². The number of hydrogen-bond acceptors (Lipinski definition) is 3. The third-order valence-corrected chi connectivity index (χ3v) is 4.24. The molecular formula is C13H18O3S. The summed E-state index contributed by atoms with van der Waals surface area (Å²) in [5, 5.41) is -0.177. The molecule has 1 aromatic rings. The van der Waals surface area contributed by atoms with Crippen LogP contribution in [0, 0.1) is 6.92 Å². The third-order valence-electron chi connectivity index (χ3n) is 2.56. The number of esters is 1. The fraction of sp³-hybridized carbons (Fsp3) is 0.462. The van der Waals surface area contributed by atoms with Crippen molar-refractivity contribution in [2.45, 2.75) is 31.3 Å². The summed E-state index contributed by atoms with van der Waals surface area (Å²) >= 11 is 0. The van der Waals surface area contributed by atoms with Crippen LogP contribution in [-0.4, -0.2) is 22.5 Å². The minimum absolute atomic E-state index is 0.177. The molecule has 3 nitrogen and oxygen atoms in total. The Morgan fingerprint density at radius 2 is 1.94 bits per heavy atom. The highest BCUT2D eigenvalue weighted by molar-refractivity contribution is 7.84. The molecular weight excluding hydrogens is 236 g/mol. The zero-order valence-corrected chi connectivity index (χ0v) is 11.3. The normalized spacial score (nSPS) is 14.1. The molecule has 0 saturated carbocycles. The number of aryl methyl sites for hydroxylation is 1. The Hall–Kier alpha value is -1.16. The van der Waals surface area contributed by atoms with Crippen LogP contribution in [0.5, 0.6) is 0 Å². The molecule has 0 heterocycles. The molecule has 1 aromatic carbocycles. The summed E-state index contributed by atoms with van der Waals surface area (Å²) in [7, 11) is 0.300. The summed E-state index contributed by atoms with van der Waals surface area (Å²) in [5.41, 5.74) is 2.22. The topological polar surface area (TPSA) is 43.4 Å². The van der Waals surface area contributed by atoms with Gasteiger partial charge in [-0.2, -0.15) is 0 Å². The van der Waals surface area contributed by atoms with Crippen molar-refractivity contribution in [1.29, 1.82) is 0 Å². The Morgan fingerprint density at radius 1 is 1.35 bits per heavy atom. The molecule has 0 radical (unpaired) electrons. The largest absolute Gasteiger partial charge is 0.469 e. The summed E-state index contributed by atoms with van der Waals surface area (Å²) in [6, 6.07) is 7.94. The van der Waals surface area contributed by atoms with Crippen LogP contribution < -0.4 is 0 Å². The molecule has 0 amide bonds. The van der Waals surface area contributed by atoms with Crippen LogP contribution in [0.3, 0.4) is 0 Å². The van der Waals surface area contributed by atoms with Gasteiger partial charge in [-0.3, -0.25) is 9.00 Å². The van der Waals surface area contributed by atoms with Gasteiger partial charge in [0.2, 0.25) is 0 Å². The molecule has 0 bridgehead atoms. The number of methoxy groups -OCH3 is 1. The van der Waals surface area contributed by atoms with Crippen molar-refractivity contribution >= 4 is 16.8 Å². The Kier molecular flexibility index (Phi) is 5.35. The van der Waals surface area contributed by atoms with Gasteiger partial charge in [0.1, 0.15) is 0 Å². The van der Waals surface area contributed by atoms with Crippen LogP contribution in [-0.2, 0) is 26.1 Å². The number of benzene rings is 1. The van der Waals surface area contributed by atoms with E-state index in [0.717, 1.165) is 5.56 Å². The fourth-order valence-electron chi connectivity index (χ4n) is 1.40.